The number of rotatable bonds is 1. The third-order valence-corrected chi connectivity index (χ3v) is 3.33. The van der Waals surface area contributed by atoms with Gasteiger partial charge in [0.25, 0.3) is 0 Å². The van der Waals surface area contributed by atoms with Gasteiger partial charge in [-0.15, -0.1) is 24.8 Å². The molecule has 1 heterocycles. The van der Waals surface area contributed by atoms with Crippen LogP contribution in [0.4, 0.5) is 0 Å². The van der Waals surface area contributed by atoms with Crippen molar-refractivity contribution in [2.75, 3.05) is 13.1 Å². The standard InChI is InChI=1S/C10H20N2.2ClH/c11-9-4-3-7-12(8-9)10-5-1-2-6-10;;/h9-10H,1-8,11H2;2*1H. The molecule has 0 radical (unpaired) electrons. The summed E-state index contributed by atoms with van der Waals surface area (Å²) in [5, 5.41) is 0. The van der Waals surface area contributed by atoms with E-state index in [9.17, 15) is 0 Å². The van der Waals surface area contributed by atoms with Crippen molar-refractivity contribution in [2.24, 2.45) is 5.73 Å². The zero-order chi connectivity index (χ0) is 8.39. The van der Waals surface area contributed by atoms with Crippen molar-refractivity contribution in [1.82, 2.24) is 4.90 Å². The molecular formula is C10H22Cl2N2. The van der Waals surface area contributed by atoms with Gasteiger partial charge in [0.05, 0.1) is 0 Å². The Morgan fingerprint density at radius 1 is 0.929 bits per heavy atom. The molecule has 1 aliphatic heterocycles. The van der Waals surface area contributed by atoms with E-state index < -0.39 is 0 Å². The number of halogens is 2. The Bertz CT molecular complexity index is 149. The Morgan fingerprint density at radius 2 is 1.57 bits per heavy atom. The summed E-state index contributed by atoms with van der Waals surface area (Å²) < 4.78 is 0. The number of nitrogens with two attached hydrogens (primary N) is 1. The quantitative estimate of drug-likeness (QED) is 0.762. The zero-order valence-corrected chi connectivity index (χ0v) is 10.3. The smallest absolute Gasteiger partial charge is 0.0168 e. The largest absolute Gasteiger partial charge is 0.327 e. The molecule has 0 aromatic heterocycles. The first-order valence-electron chi connectivity index (χ1n) is 5.36. The molecule has 1 saturated heterocycles. The van der Waals surface area contributed by atoms with Gasteiger partial charge in [0.15, 0.2) is 0 Å². The van der Waals surface area contributed by atoms with Crippen molar-refractivity contribution >= 4 is 24.8 Å². The van der Waals surface area contributed by atoms with E-state index in [4.69, 9.17) is 5.73 Å². The van der Waals surface area contributed by atoms with Crippen LogP contribution >= 0.6 is 24.8 Å². The lowest BCUT2D eigenvalue weighted by Crippen LogP contribution is -2.46. The van der Waals surface area contributed by atoms with Gasteiger partial charge in [-0.2, -0.15) is 0 Å². The van der Waals surface area contributed by atoms with Crippen molar-refractivity contribution in [1.29, 1.82) is 0 Å². The Hall–Kier alpha value is 0.500. The summed E-state index contributed by atoms with van der Waals surface area (Å²) in [7, 11) is 0. The van der Waals surface area contributed by atoms with Crippen LogP contribution in [0, 0.1) is 0 Å². The number of nitrogens with zero attached hydrogens (tertiary/aromatic N) is 1. The minimum atomic E-state index is 0. The molecule has 0 aromatic carbocycles. The molecule has 2 rings (SSSR count). The number of likely N-dealkylation sites (tertiary alicyclic amines) is 1. The fourth-order valence-electron chi connectivity index (χ4n) is 2.64. The molecule has 86 valence electrons. The van der Waals surface area contributed by atoms with Crippen LogP contribution in [0.3, 0.4) is 0 Å². The Kier molecular flexibility index (Phi) is 7.13. The minimum absolute atomic E-state index is 0. The molecular weight excluding hydrogens is 219 g/mol. The first kappa shape index (κ1) is 14.5. The molecule has 2 N–H and O–H groups in total. The summed E-state index contributed by atoms with van der Waals surface area (Å²) in [6.45, 7) is 2.46. The van der Waals surface area contributed by atoms with Gasteiger partial charge in [0.1, 0.15) is 0 Å². The lowest BCUT2D eigenvalue weighted by atomic mass is 10.0. The maximum absolute atomic E-state index is 5.95. The van der Waals surface area contributed by atoms with E-state index in [1.807, 2.05) is 0 Å². The van der Waals surface area contributed by atoms with Crippen molar-refractivity contribution in [3.05, 3.63) is 0 Å². The Labute approximate surface area is 99.4 Å². The predicted octanol–water partition coefficient (Wildman–Crippen LogP) is 2.20. The first-order chi connectivity index (χ1) is 5.86. The Morgan fingerprint density at radius 3 is 2.14 bits per heavy atom. The van der Waals surface area contributed by atoms with Crippen molar-refractivity contribution < 1.29 is 0 Å². The van der Waals surface area contributed by atoms with Crippen LogP contribution < -0.4 is 5.73 Å². The highest BCUT2D eigenvalue weighted by Crippen LogP contribution is 2.25. The maximum Gasteiger partial charge on any atom is 0.0168 e. The summed E-state index contributed by atoms with van der Waals surface area (Å²) in [5.41, 5.74) is 5.95. The SMILES string of the molecule is Cl.Cl.NC1CCCN(C2CCCC2)C1. The minimum Gasteiger partial charge on any atom is -0.327 e. The second kappa shape index (κ2) is 6.89. The molecule has 2 fully saturated rings. The first-order valence-corrected chi connectivity index (χ1v) is 5.36. The maximum atomic E-state index is 5.95. The van der Waals surface area contributed by atoms with E-state index in [-0.39, 0.29) is 24.8 Å². The van der Waals surface area contributed by atoms with Gasteiger partial charge in [-0.25, -0.2) is 0 Å². The molecule has 14 heavy (non-hydrogen) atoms. The molecule has 1 atom stereocenters. The molecule has 2 nitrogen and oxygen atoms in total. The lowest BCUT2D eigenvalue weighted by molar-refractivity contribution is 0.151. The normalized spacial score (nSPS) is 29.4. The second-order valence-corrected chi connectivity index (χ2v) is 4.34. The van der Waals surface area contributed by atoms with Crippen LogP contribution in [0.2, 0.25) is 0 Å². The van der Waals surface area contributed by atoms with Crippen LogP contribution in [0.15, 0.2) is 0 Å². The van der Waals surface area contributed by atoms with Crippen LogP contribution in [0.5, 0.6) is 0 Å². The molecule has 2 aliphatic rings. The van der Waals surface area contributed by atoms with Gasteiger partial charge >= 0.3 is 0 Å². The molecule has 1 saturated carbocycles. The summed E-state index contributed by atoms with van der Waals surface area (Å²) >= 11 is 0. The van der Waals surface area contributed by atoms with Crippen molar-refractivity contribution in [3.8, 4) is 0 Å². The molecule has 1 unspecified atom stereocenters. The van der Waals surface area contributed by atoms with Gasteiger partial charge in [-0.1, -0.05) is 12.8 Å². The molecule has 0 spiro atoms. The van der Waals surface area contributed by atoms with E-state index >= 15 is 0 Å². The summed E-state index contributed by atoms with van der Waals surface area (Å²) in [6.07, 6.45) is 8.28. The predicted molar refractivity (Wildman–Crippen MR) is 65.5 cm³/mol. The molecule has 4 heteroatoms. The third kappa shape index (κ3) is 3.58. The second-order valence-electron chi connectivity index (χ2n) is 4.34. The zero-order valence-electron chi connectivity index (χ0n) is 8.65. The van der Waals surface area contributed by atoms with Crippen LogP contribution in [-0.4, -0.2) is 30.1 Å². The van der Waals surface area contributed by atoms with E-state index in [2.05, 4.69) is 4.90 Å². The average Bonchev–Trinajstić information content (AvgIpc) is 2.56. The fraction of sp³-hybridized carbons (Fsp3) is 1.00. The highest BCUT2D eigenvalue weighted by molar-refractivity contribution is 5.85. The molecule has 0 amide bonds. The summed E-state index contributed by atoms with van der Waals surface area (Å²) in [5.74, 6) is 0. The summed E-state index contributed by atoms with van der Waals surface area (Å²) in [4.78, 5) is 2.63. The van der Waals surface area contributed by atoms with Crippen molar-refractivity contribution in [2.45, 2.75) is 50.6 Å². The van der Waals surface area contributed by atoms with E-state index in [1.54, 1.807) is 0 Å². The molecule has 1 aliphatic carbocycles. The number of piperidine rings is 1. The highest BCUT2D eigenvalue weighted by Gasteiger charge is 2.25. The van der Waals surface area contributed by atoms with Gasteiger partial charge in [-0.3, -0.25) is 4.90 Å². The van der Waals surface area contributed by atoms with Crippen molar-refractivity contribution in [3.63, 3.8) is 0 Å². The van der Waals surface area contributed by atoms with E-state index in [0.29, 0.717) is 6.04 Å². The van der Waals surface area contributed by atoms with Gasteiger partial charge in [0.2, 0.25) is 0 Å². The average molecular weight is 241 g/mol. The van der Waals surface area contributed by atoms with E-state index in [1.165, 1.54) is 45.1 Å². The van der Waals surface area contributed by atoms with Gasteiger partial charge in [0, 0.05) is 18.6 Å². The van der Waals surface area contributed by atoms with Gasteiger partial charge < -0.3 is 5.73 Å². The summed E-state index contributed by atoms with van der Waals surface area (Å²) in [6, 6.07) is 1.34. The molecule has 0 aromatic rings. The monoisotopic (exact) mass is 240 g/mol. The molecule has 0 bridgehead atoms. The lowest BCUT2D eigenvalue weighted by Gasteiger charge is -2.35. The van der Waals surface area contributed by atoms with E-state index in [0.717, 1.165) is 12.6 Å². The highest BCUT2D eigenvalue weighted by atomic mass is 35.5. The van der Waals surface area contributed by atoms with Crippen LogP contribution in [-0.2, 0) is 0 Å². The number of hydrogen-bond acceptors (Lipinski definition) is 2. The van der Waals surface area contributed by atoms with Crippen LogP contribution in [0.25, 0.3) is 0 Å². The topological polar surface area (TPSA) is 29.3 Å². The van der Waals surface area contributed by atoms with Crippen LogP contribution in [0.1, 0.15) is 38.5 Å². The Balaban J connectivity index is 0.000000845. The fourth-order valence-corrected chi connectivity index (χ4v) is 2.64. The third-order valence-electron chi connectivity index (χ3n) is 3.33. The number of hydrogen-bond donors (Lipinski definition) is 1. The van der Waals surface area contributed by atoms with Gasteiger partial charge in [-0.05, 0) is 32.2 Å².